The zero-order valence-electron chi connectivity index (χ0n) is 11.9. The molecule has 0 spiro atoms. The Morgan fingerprint density at radius 1 is 1.30 bits per heavy atom. The van der Waals surface area contributed by atoms with Crippen molar-refractivity contribution in [1.82, 2.24) is 5.32 Å². The summed E-state index contributed by atoms with van der Waals surface area (Å²) in [7, 11) is 0. The molecule has 1 aliphatic carbocycles. The molecule has 3 rings (SSSR count). The molecule has 2 aromatic rings. The van der Waals surface area contributed by atoms with Gasteiger partial charge >= 0.3 is 0 Å². The lowest BCUT2D eigenvalue weighted by Gasteiger charge is -2.14. The van der Waals surface area contributed by atoms with Crippen LogP contribution < -0.4 is 10.1 Å². The van der Waals surface area contributed by atoms with Gasteiger partial charge in [0, 0.05) is 24.6 Å². The first-order chi connectivity index (χ1) is 9.83. The normalized spacial score (nSPS) is 14.4. The number of thiophene rings is 1. The predicted octanol–water partition coefficient (Wildman–Crippen LogP) is 3.93. The first-order valence-electron chi connectivity index (χ1n) is 7.28. The van der Waals surface area contributed by atoms with Crippen LogP contribution in [0.25, 0.3) is 0 Å². The lowest BCUT2D eigenvalue weighted by molar-refractivity contribution is 0.315. The van der Waals surface area contributed by atoms with E-state index < -0.39 is 0 Å². The highest BCUT2D eigenvalue weighted by Gasteiger charge is 2.20. The number of aryl methyl sites for hydroxylation is 1. The highest BCUT2D eigenvalue weighted by molar-refractivity contribution is 7.07. The Hall–Kier alpha value is -1.32. The minimum atomic E-state index is 0.731. The van der Waals surface area contributed by atoms with E-state index in [1.165, 1.54) is 29.5 Å². The van der Waals surface area contributed by atoms with Gasteiger partial charge in [-0.2, -0.15) is 11.3 Å². The average Bonchev–Trinajstić information content (AvgIpc) is 3.14. The van der Waals surface area contributed by atoms with Crippen molar-refractivity contribution < 1.29 is 4.74 Å². The van der Waals surface area contributed by atoms with Crippen LogP contribution in [0, 0.1) is 6.92 Å². The van der Waals surface area contributed by atoms with E-state index in [2.05, 4.69) is 47.3 Å². The molecule has 0 atom stereocenters. The number of hydrogen-bond acceptors (Lipinski definition) is 3. The van der Waals surface area contributed by atoms with E-state index in [9.17, 15) is 0 Å². The minimum absolute atomic E-state index is 0.731. The van der Waals surface area contributed by atoms with Crippen molar-refractivity contribution in [3.63, 3.8) is 0 Å². The summed E-state index contributed by atoms with van der Waals surface area (Å²) < 4.78 is 6.06. The van der Waals surface area contributed by atoms with Crippen molar-refractivity contribution in [2.24, 2.45) is 0 Å². The van der Waals surface area contributed by atoms with E-state index in [0.29, 0.717) is 0 Å². The van der Waals surface area contributed by atoms with Crippen LogP contribution in [0.1, 0.15) is 29.5 Å². The third kappa shape index (κ3) is 3.62. The molecule has 1 aromatic heterocycles. The lowest BCUT2D eigenvalue weighted by atomic mass is 10.1. The van der Waals surface area contributed by atoms with Crippen LogP contribution in [0.4, 0.5) is 0 Å². The molecular formula is C17H21NOS. The first kappa shape index (κ1) is 13.7. The van der Waals surface area contributed by atoms with Crippen molar-refractivity contribution >= 4 is 11.3 Å². The molecule has 1 heterocycles. The second-order valence-electron chi connectivity index (χ2n) is 5.45. The van der Waals surface area contributed by atoms with Gasteiger partial charge in [0.1, 0.15) is 5.75 Å². The summed E-state index contributed by atoms with van der Waals surface area (Å²) in [6, 6.07) is 9.31. The SMILES string of the molecule is Cc1cccc(CNC2CC2)c1OCCc1ccsc1. The van der Waals surface area contributed by atoms with Crippen LogP contribution in [0.3, 0.4) is 0 Å². The summed E-state index contributed by atoms with van der Waals surface area (Å²) in [4.78, 5) is 0. The molecule has 106 valence electrons. The highest BCUT2D eigenvalue weighted by atomic mass is 32.1. The molecule has 0 unspecified atom stereocenters. The molecule has 0 radical (unpaired) electrons. The van der Waals surface area contributed by atoms with E-state index in [0.717, 1.165) is 31.4 Å². The van der Waals surface area contributed by atoms with Gasteiger partial charge in [-0.05, 0) is 47.7 Å². The van der Waals surface area contributed by atoms with Gasteiger partial charge in [-0.25, -0.2) is 0 Å². The van der Waals surface area contributed by atoms with Gasteiger partial charge in [0.2, 0.25) is 0 Å². The molecule has 20 heavy (non-hydrogen) atoms. The number of ether oxygens (including phenoxy) is 1. The molecule has 0 bridgehead atoms. The van der Waals surface area contributed by atoms with E-state index in [-0.39, 0.29) is 0 Å². The second-order valence-corrected chi connectivity index (χ2v) is 6.23. The lowest BCUT2D eigenvalue weighted by Crippen LogP contribution is -2.16. The zero-order valence-corrected chi connectivity index (χ0v) is 12.7. The Kier molecular flexibility index (Phi) is 4.38. The molecule has 3 heteroatoms. The van der Waals surface area contributed by atoms with Gasteiger partial charge in [-0.3, -0.25) is 0 Å². The van der Waals surface area contributed by atoms with Gasteiger partial charge < -0.3 is 10.1 Å². The number of para-hydroxylation sites is 1. The Morgan fingerprint density at radius 2 is 2.20 bits per heavy atom. The van der Waals surface area contributed by atoms with Crippen LogP contribution in [-0.2, 0) is 13.0 Å². The summed E-state index contributed by atoms with van der Waals surface area (Å²) in [5, 5.41) is 7.88. The number of hydrogen-bond donors (Lipinski definition) is 1. The molecule has 1 fully saturated rings. The molecule has 1 saturated carbocycles. The fraction of sp³-hybridized carbons (Fsp3) is 0.412. The molecule has 1 aliphatic rings. The molecule has 0 aliphatic heterocycles. The van der Waals surface area contributed by atoms with Crippen LogP contribution in [-0.4, -0.2) is 12.6 Å². The van der Waals surface area contributed by atoms with Gasteiger partial charge in [0.25, 0.3) is 0 Å². The summed E-state index contributed by atoms with van der Waals surface area (Å²) in [6.45, 7) is 3.79. The van der Waals surface area contributed by atoms with Crippen molar-refractivity contribution in [2.45, 2.75) is 38.8 Å². The summed E-state index contributed by atoms with van der Waals surface area (Å²) in [6.07, 6.45) is 3.62. The molecular weight excluding hydrogens is 266 g/mol. The molecule has 2 nitrogen and oxygen atoms in total. The van der Waals surface area contributed by atoms with Crippen LogP contribution >= 0.6 is 11.3 Å². The molecule has 0 amide bonds. The van der Waals surface area contributed by atoms with E-state index >= 15 is 0 Å². The fourth-order valence-electron chi connectivity index (χ4n) is 2.31. The first-order valence-corrected chi connectivity index (χ1v) is 8.23. The molecule has 1 N–H and O–H groups in total. The van der Waals surface area contributed by atoms with Crippen LogP contribution in [0.2, 0.25) is 0 Å². The average molecular weight is 287 g/mol. The third-order valence-corrected chi connectivity index (χ3v) is 4.40. The molecule has 0 saturated heterocycles. The topological polar surface area (TPSA) is 21.3 Å². The smallest absolute Gasteiger partial charge is 0.126 e. The second kappa shape index (κ2) is 6.42. The van der Waals surface area contributed by atoms with Gasteiger partial charge in [0.05, 0.1) is 6.61 Å². The van der Waals surface area contributed by atoms with Gasteiger partial charge in [0.15, 0.2) is 0 Å². The Bertz CT molecular complexity index is 546. The van der Waals surface area contributed by atoms with Gasteiger partial charge in [-0.15, -0.1) is 0 Å². The Morgan fingerprint density at radius 3 is 2.95 bits per heavy atom. The third-order valence-electron chi connectivity index (χ3n) is 3.67. The Balaban J connectivity index is 1.60. The summed E-state index contributed by atoms with van der Waals surface area (Å²) in [5.74, 6) is 1.07. The largest absolute Gasteiger partial charge is 0.493 e. The maximum Gasteiger partial charge on any atom is 0.126 e. The van der Waals surface area contributed by atoms with E-state index in [4.69, 9.17) is 4.74 Å². The number of rotatable bonds is 7. The Labute approximate surface area is 124 Å². The highest BCUT2D eigenvalue weighted by Crippen LogP contribution is 2.26. The quantitative estimate of drug-likeness (QED) is 0.833. The minimum Gasteiger partial charge on any atom is -0.493 e. The predicted molar refractivity (Wildman–Crippen MR) is 84.6 cm³/mol. The van der Waals surface area contributed by atoms with E-state index in [1.807, 2.05) is 0 Å². The van der Waals surface area contributed by atoms with Crippen molar-refractivity contribution in [3.05, 3.63) is 51.7 Å². The maximum absolute atomic E-state index is 6.06. The standard InChI is InChI=1S/C17H21NOS/c1-13-3-2-4-15(11-18-16-5-6-16)17(13)19-9-7-14-8-10-20-12-14/h2-4,8,10,12,16,18H,5-7,9,11H2,1H3. The zero-order chi connectivity index (χ0) is 13.8. The van der Waals surface area contributed by atoms with E-state index in [1.54, 1.807) is 11.3 Å². The number of benzene rings is 1. The fourth-order valence-corrected chi connectivity index (χ4v) is 3.01. The van der Waals surface area contributed by atoms with Gasteiger partial charge in [-0.1, -0.05) is 18.2 Å². The van der Waals surface area contributed by atoms with Crippen LogP contribution in [0.5, 0.6) is 5.75 Å². The summed E-state index contributed by atoms with van der Waals surface area (Å²) >= 11 is 1.74. The summed E-state index contributed by atoms with van der Waals surface area (Å²) in [5.41, 5.74) is 3.87. The monoisotopic (exact) mass is 287 g/mol. The van der Waals surface area contributed by atoms with Crippen molar-refractivity contribution in [3.8, 4) is 5.75 Å². The van der Waals surface area contributed by atoms with Crippen molar-refractivity contribution in [2.75, 3.05) is 6.61 Å². The van der Waals surface area contributed by atoms with Crippen LogP contribution in [0.15, 0.2) is 35.0 Å². The number of nitrogens with one attached hydrogen (secondary N) is 1. The molecule has 1 aromatic carbocycles. The van der Waals surface area contributed by atoms with Crippen molar-refractivity contribution in [1.29, 1.82) is 0 Å². The maximum atomic E-state index is 6.06.